The van der Waals surface area contributed by atoms with Gasteiger partial charge < -0.3 is 9.32 Å². The number of rotatable bonds is 6. The van der Waals surface area contributed by atoms with E-state index in [0.29, 0.717) is 5.92 Å². The topological polar surface area (TPSA) is 16.4 Å². The Morgan fingerprint density at radius 3 is 2.15 bits per heavy atom. The summed E-state index contributed by atoms with van der Waals surface area (Å²) in [4.78, 5) is 2.43. The van der Waals surface area contributed by atoms with Crippen LogP contribution in [0.5, 0.6) is 0 Å². The highest BCUT2D eigenvalue weighted by atomic mass is 16.3. The molecule has 234 valence electrons. The standard InChI is InChI=1S/C46H39NO/c1-3-14-32(15-4-1)33-28-30-36(31-29-33)47(43-26-13-24-41-39-21-8-10-27-44(39)48-46(41)43)42-25-9-7-20-38(42)40-23-12-19-35-18-11-22-37(45(35)40)34-16-5-2-6-17-34/h1,3-4,7-11,13-15,18-22,24-31,34H,2,5-6,12,16-17,23H2. The van der Waals surface area contributed by atoms with E-state index >= 15 is 0 Å². The summed E-state index contributed by atoms with van der Waals surface area (Å²) in [6.07, 6.45) is 11.2. The van der Waals surface area contributed by atoms with Gasteiger partial charge in [0.25, 0.3) is 0 Å². The van der Waals surface area contributed by atoms with Crippen molar-refractivity contribution in [2.75, 3.05) is 4.90 Å². The lowest BCUT2D eigenvalue weighted by atomic mass is 9.80. The minimum absolute atomic E-state index is 0.633. The maximum atomic E-state index is 6.69. The molecule has 2 nitrogen and oxygen atoms in total. The average molecular weight is 622 g/mol. The molecule has 0 N–H and O–H groups in total. The van der Waals surface area contributed by atoms with Gasteiger partial charge in [-0.15, -0.1) is 0 Å². The zero-order valence-corrected chi connectivity index (χ0v) is 27.2. The Bertz CT molecular complexity index is 2380. The molecule has 2 aliphatic rings. The summed E-state index contributed by atoms with van der Waals surface area (Å²) >= 11 is 0. The highest BCUT2D eigenvalue weighted by Gasteiger charge is 2.25. The number of para-hydroxylation sites is 3. The molecule has 0 saturated heterocycles. The maximum absolute atomic E-state index is 6.69. The highest BCUT2D eigenvalue weighted by molar-refractivity contribution is 6.10. The predicted molar refractivity (Wildman–Crippen MR) is 202 cm³/mol. The van der Waals surface area contributed by atoms with E-state index in [4.69, 9.17) is 4.42 Å². The summed E-state index contributed by atoms with van der Waals surface area (Å²) in [5, 5.41) is 5.15. The summed E-state index contributed by atoms with van der Waals surface area (Å²) in [6, 6.07) is 50.7. The van der Waals surface area contributed by atoms with E-state index in [1.54, 1.807) is 5.56 Å². The molecular weight excluding hydrogens is 583 g/mol. The van der Waals surface area contributed by atoms with Crippen LogP contribution in [0.1, 0.15) is 62.0 Å². The highest BCUT2D eigenvalue weighted by Crippen LogP contribution is 2.45. The Balaban J connectivity index is 1.30. The van der Waals surface area contributed by atoms with E-state index < -0.39 is 0 Å². The second-order valence-electron chi connectivity index (χ2n) is 13.4. The maximum Gasteiger partial charge on any atom is 0.159 e. The molecule has 6 aromatic carbocycles. The predicted octanol–water partition coefficient (Wildman–Crippen LogP) is 11.5. The van der Waals surface area contributed by atoms with Crippen molar-refractivity contribution in [1.82, 2.24) is 0 Å². The van der Waals surface area contributed by atoms with Gasteiger partial charge in [0, 0.05) is 22.0 Å². The van der Waals surface area contributed by atoms with E-state index in [9.17, 15) is 0 Å². The normalized spacial score (nSPS) is 15.0. The van der Waals surface area contributed by atoms with Gasteiger partial charge >= 0.3 is 0 Å². The molecule has 1 fully saturated rings. The molecule has 2 heteroatoms. The smallest absolute Gasteiger partial charge is 0.159 e. The Labute approximate surface area is 282 Å². The largest absolute Gasteiger partial charge is 0.454 e. The van der Waals surface area contributed by atoms with Crippen molar-refractivity contribution in [2.24, 2.45) is 0 Å². The second kappa shape index (κ2) is 12.4. The second-order valence-corrected chi connectivity index (χ2v) is 13.4. The zero-order valence-electron chi connectivity index (χ0n) is 27.2. The van der Waals surface area contributed by atoms with Crippen molar-refractivity contribution in [3.63, 3.8) is 0 Å². The average Bonchev–Trinajstić information content (AvgIpc) is 3.55. The summed E-state index contributed by atoms with van der Waals surface area (Å²) in [5.41, 5.74) is 11.9. The van der Waals surface area contributed by atoms with Crippen molar-refractivity contribution in [1.29, 1.82) is 0 Å². The first-order valence-electron chi connectivity index (χ1n) is 17.6. The molecule has 0 radical (unpaired) electrons. The molecule has 1 heterocycles. The number of hydrogen-bond acceptors (Lipinski definition) is 2. The van der Waals surface area contributed by atoms with Crippen LogP contribution in [0, 0.1) is 0 Å². The molecule has 0 atom stereocenters. The monoisotopic (exact) mass is 621 g/mol. The van der Waals surface area contributed by atoms with Crippen molar-refractivity contribution in [3.8, 4) is 11.1 Å². The number of nitrogens with zero attached hydrogens (tertiary/aromatic N) is 1. The van der Waals surface area contributed by atoms with Crippen LogP contribution >= 0.6 is 0 Å². The SMILES string of the molecule is C1=c2cccc(C3CCCCC3)c2=C(c2ccccc2N(c2ccc(-c3ccccc3)cc2)c2cccc3c2oc2ccccc23)CC1. The van der Waals surface area contributed by atoms with Crippen LogP contribution in [0.25, 0.3) is 44.7 Å². The van der Waals surface area contributed by atoms with Crippen molar-refractivity contribution in [3.05, 3.63) is 161 Å². The number of hydrogen-bond donors (Lipinski definition) is 0. The molecule has 0 bridgehead atoms. The molecule has 7 aromatic rings. The lowest BCUT2D eigenvalue weighted by molar-refractivity contribution is 0.442. The Hall–Kier alpha value is -5.34. The van der Waals surface area contributed by atoms with E-state index in [0.717, 1.165) is 46.2 Å². The summed E-state index contributed by atoms with van der Waals surface area (Å²) in [5.74, 6) is 0.633. The fourth-order valence-corrected chi connectivity index (χ4v) is 8.30. The van der Waals surface area contributed by atoms with Gasteiger partial charge in [0.2, 0.25) is 0 Å². The quantitative estimate of drug-likeness (QED) is 0.184. The number of furan rings is 1. The van der Waals surface area contributed by atoms with Crippen LogP contribution in [0.2, 0.25) is 0 Å². The zero-order chi connectivity index (χ0) is 31.9. The lowest BCUT2D eigenvalue weighted by Gasteiger charge is -2.30. The van der Waals surface area contributed by atoms with Crippen LogP contribution < -0.4 is 15.3 Å². The van der Waals surface area contributed by atoms with E-state index in [1.165, 1.54) is 70.5 Å². The third kappa shape index (κ3) is 5.04. The van der Waals surface area contributed by atoms with E-state index in [-0.39, 0.29) is 0 Å². The first-order valence-corrected chi connectivity index (χ1v) is 17.6. The first-order chi connectivity index (χ1) is 23.8. The molecule has 9 rings (SSSR count). The summed E-state index contributed by atoms with van der Waals surface area (Å²) < 4.78 is 6.69. The fourth-order valence-electron chi connectivity index (χ4n) is 8.30. The number of fused-ring (bicyclic) bond motifs is 4. The van der Waals surface area contributed by atoms with Crippen molar-refractivity contribution < 1.29 is 4.42 Å². The van der Waals surface area contributed by atoms with Gasteiger partial charge in [0.1, 0.15) is 5.58 Å². The minimum atomic E-state index is 0.633. The molecule has 0 aliphatic heterocycles. The lowest BCUT2D eigenvalue weighted by Crippen LogP contribution is -2.35. The van der Waals surface area contributed by atoms with Gasteiger partial charge in [-0.05, 0) is 94.6 Å². The number of benzene rings is 6. The summed E-state index contributed by atoms with van der Waals surface area (Å²) in [6.45, 7) is 0. The van der Waals surface area contributed by atoms with Gasteiger partial charge in [0.15, 0.2) is 5.58 Å². The molecule has 1 saturated carbocycles. The van der Waals surface area contributed by atoms with Gasteiger partial charge in [-0.1, -0.05) is 135 Å². The van der Waals surface area contributed by atoms with Crippen molar-refractivity contribution in [2.45, 2.75) is 50.9 Å². The van der Waals surface area contributed by atoms with Crippen LogP contribution in [0.4, 0.5) is 17.1 Å². The molecule has 0 unspecified atom stereocenters. The molecule has 1 aromatic heterocycles. The first kappa shape index (κ1) is 28.8. The minimum Gasteiger partial charge on any atom is -0.454 e. The van der Waals surface area contributed by atoms with Gasteiger partial charge in [-0.2, -0.15) is 0 Å². The van der Waals surface area contributed by atoms with Crippen LogP contribution in [-0.4, -0.2) is 0 Å². The van der Waals surface area contributed by atoms with Gasteiger partial charge in [-0.25, -0.2) is 0 Å². The molecule has 0 spiro atoms. The molecule has 0 amide bonds. The Morgan fingerprint density at radius 2 is 1.27 bits per heavy atom. The Morgan fingerprint density at radius 1 is 0.562 bits per heavy atom. The van der Waals surface area contributed by atoms with Crippen LogP contribution in [0.3, 0.4) is 0 Å². The molecule has 48 heavy (non-hydrogen) atoms. The fraction of sp³-hybridized carbons (Fsp3) is 0.174. The van der Waals surface area contributed by atoms with Crippen molar-refractivity contribution >= 4 is 50.6 Å². The van der Waals surface area contributed by atoms with Gasteiger partial charge in [0.05, 0.1) is 11.4 Å². The Kier molecular flexibility index (Phi) is 7.43. The van der Waals surface area contributed by atoms with E-state index in [2.05, 4.69) is 151 Å². The van der Waals surface area contributed by atoms with E-state index in [1.807, 2.05) is 0 Å². The number of anilines is 3. The molecular formula is C46H39NO. The van der Waals surface area contributed by atoms with Crippen LogP contribution in [-0.2, 0) is 0 Å². The van der Waals surface area contributed by atoms with Gasteiger partial charge in [-0.3, -0.25) is 0 Å². The van der Waals surface area contributed by atoms with Crippen LogP contribution in [0.15, 0.2) is 144 Å². The molecule has 2 aliphatic carbocycles. The third-order valence-corrected chi connectivity index (χ3v) is 10.6. The third-order valence-electron chi connectivity index (χ3n) is 10.6. The summed E-state index contributed by atoms with van der Waals surface area (Å²) in [7, 11) is 0.